The van der Waals surface area contributed by atoms with Gasteiger partial charge in [0.05, 0.1) is 18.8 Å². The van der Waals surface area contributed by atoms with Gasteiger partial charge in [0.2, 0.25) is 0 Å². The molecule has 3 unspecified atom stereocenters. The van der Waals surface area contributed by atoms with Crippen molar-refractivity contribution in [3.8, 4) is 0 Å². The number of rotatable bonds is 0. The number of ether oxygens (including phenoxy) is 1. The maximum Gasteiger partial charge on any atom is 0.0612 e. The Morgan fingerprint density at radius 1 is 1.44 bits per heavy atom. The molecular weight excluding hydrogens is 116 g/mol. The third kappa shape index (κ3) is 1.66. The van der Waals surface area contributed by atoms with Crippen molar-refractivity contribution in [3.05, 3.63) is 0 Å². The summed E-state index contributed by atoms with van der Waals surface area (Å²) in [5.74, 6) is 0.321. The normalized spacial score (nSPS) is 45.0. The Morgan fingerprint density at radius 2 is 2.11 bits per heavy atom. The standard InChI is InChI=1S/C7H14O2/c1-5-4-9-6(2)3-7(5)8/h5-8H,3-4H2,1-2H3. The number of aliphatic hydroxyl groups excluding tert-OH is 1. The number of hydrogen-bond acceptors (Lipinski definition) is 2. The summed E-state index contributed by atoms with van der Waals surface area (Å²) in [6.45, 7) is 4.72. The monoisotopic (exact) mass is 130 g/mol. The van der Waals surface area contributed by atoms with E-state index in [0.717, 1.165) is 6.42 Å². The molecule has 0 amide bonds. The molecule has 3 atom stereocenters. The first-order valence-corrected chi connectivity index (χ1v) is 3.50. The fourth-order valence-corrected chi connectivity index (χ4v) is 1.07. The third-order valence-corrected chi connectivity index (χ3v) is 1.87. The van der Waals surface area contributed by atoms with Crippen molar-refractivity contribution in [2.24, 2.45) is 5.92 Å². The van der Waals surface area contributed by atoms with Crippen LogP contribution in [0, 0.1) is 5.92 Å². The van der Waals surface area contributed by atoms with Crippen molar-refractivity contribution in [3.63, 3.8) is 0 Å². The van der Waals surface area contributed by atoms with E-state index in [9.17, 15) is 5.11 Å². The first kappa shape index (κ1) is 7.03. The highest BCUT2D eigenvalue weighted by molar-refractivity contribution is 4.72. The molecule has 54 valence electrons. The maximum absolute atomic E-state index is 9.27. The topological polar surface area (TPSA) is 29.5 Å². The lowest BCUT2D eigenvalue weighted by Gasteiger charge is -2.28. The van der Waals surface area contributed by atoms with Crippen molar-refractivity contribution >= 4 is 0 Å². The second kappa shape index (κ2) is 2.67. The summed E-state index contributed by atoms with van der Waals surface area (Å²) in [5.41, 5.74) is 0. The fourth-order valence-electron chi connectivity index (χ4n) is 1.07. The summed E-state index contributed by atoms with van der Waals surface area (Å²) in [6.07, 6.45) is 0.895. The summed E-state index contributed by atoms with van der Waals surface area (Å²) in [7, 11) is 0. The van der Waals surface area contributed by atoms with Crippen molar-refractivity contribution in [2.75, 3.05) is 6.61 Å². The highest BCUT2D eigenvalue weighted by Crippen LogP contribution is 2.17. The van der Waals surface area contributed by atoms with E-state index >= 15 is 0 Å². The Labute approximate surface area is 55.8 Å². The van der Waals surface area contributed by atoms with Gasteiger partial charge in [-0.15, -0.1) is 0 Å². The van der Waals surface area contributed by atoms with Crippen molar-refractivity contribution in [2.45, 2.75) is 32.5 Å². The Morgan fingerprint density at radius 3 is 2.56 bits per heavy atom. The third-order valence-electron chi connectivity index (χ3n) is 1.87. The molecule has 1 aliphatic rings. The molecule has 0 aliphatic carbocycles. The van der Waals surface area contributed by atoms with Gasteiger partial charge in [0.25, 0.3) is 0 Å². The SMILES string of the molecule is CC1CC(O)C(C)CO1. The van der Waals surface area contributed by atoms with Crippen LogP contribution in [0.15, 0.2) is 0 Å². The van der Waals surface area contributed by atoms with Crippen LogP contribution in [0.3, 0.4) is 0 Å². The molecule has 1 heterocycles. The molecule has 2 heteroatoms. The van der Waals surface area contributed by atoms with Crippen molar-refractivity contribution in [1.82, 2.24) is 0 Å². The first-order valence-electron chi connectivity index (χ1n) is 3.50. The van der Waals surface area contributed by atoms with Crippen LogP contribution in [0.1, 0.15) is 20.3 Å². The van der Waals surface area contributed by atoms with E-state index < -0.39 is 0 Å². The van der Waals surface area contributed by atoms with E-state index in [1.54, 1.807) is 0 Å². The van der Waals surface area contributed by atoms with Crippen molar-refractivity contribution in [1.29, 1.82) is 0 Å². The van der Waals surface area contributed by atoms with E-state index in [1.165, 1.54) is 0 Å². The van der Waals surface area contributed by atoms with E-state index in [-0.39, 0.29) is 12.2 Å². The lowest BCUT2D eigenvalue weighted by Crippen LogP contribution is -2.34. The molecule has 1 fully saturated rings. The largest absolute Gasteiger partial charge is 0.393 e. The highest BCUT2D eigenvalue weighted by atomic mass is 16.5. The smallest absolute Gasteiger partial charge is 0.0612 e. The molecule has 0 bridgehead atoms. The van der Waals surface area contributed by atoms with Gasteiger partial charge in [-0.1, -0.05) is 6.92 Å². The number of hydrogen-bond donors (Lipinski definition) is 1. The van der Waals surface area contributed by atoms with E-state index in [0.29, 0.717) is 12.5 Å². The predicted molar refractivity (Wildman–Crippen MR) is 35.2 cm³/mol. The second-order valence-electron chi connectivity index (χ2n) is 2.92. The van der Waals surface area contributed by atoms with Gasteiger partial charge in [0.1, 0.15) is 0 Å². The molecule has 9 heavy (non-hydrogen) atoms. The lowest BCUT2D eigenvalue weighted by atomic mass is 9.98. The summed E-state index contributed by atoms with van der Waals surface area (Å²) < 4.78 is 5.30. The second-order valence-corrected chi connectivity index (χ2v) is 2.92. The number of aliphatic hydroxyl groups is 1. The summed E-state index contributed by atoms with van der Waals surface area (Å²) in [4.78, 5) is 0. The maximum atomic E-state index is 9.27. The minimum absolute atomic E-state index is 0.145. The van der Waals surface area contributed by atoms with Crippen LogP contribution < -0.4 is 0 Å². The molecule has 1 saturated heterocycles. The lowest BCUT2D eigenvalue weighted by molar-refractivity contribution is -0.0695. The van der Waals surface area contributed by atoms with Crippen LogP contribution in [-0.4, -0.2) is 23.9 Å². The van der Waals surface area contributed by atoms with Crippen LogP contribution in [0.2, 0.25) is 0 Å². The highest BCUT2D eigenvalue weighted by Gasteiger charge is 2.23. The zero-order valence-corrected chi connectivity index (χ0v) is 6.00. The van der Waals surface area contributed by atoms with Crippen molar-refractivity contribution < 1.29 is 9.84 Å². The van der Waals surface area contributed by atoms with Gasteiger partial charge in [-0.2, -0.15) is 0 Å². The van der Waals surface area contributed by atoms with Gasteiger partial charge >= 0.3 is 0 Å². The minimum Gasteiger partial charge on any atom is -0.393 e. The average Bonchev–Trinajstić information content (AvgIpc) is 1.80. The van der Waals surface area contributed by atoms with Crippen LogP contribution in [0.4, 0.5) is 0 Å². The summed E-state index contributed by atoms with van der Waals surface area (Å²) >= 11 is 0. The van der Waals surface area contributed by atoms with Crippen LogP contribution in [-0.2, 0) is 4.74 Å². The van der Waals surface area contributed by atoms with E-state index in [2.05, 4.69) is 0 Å². The first-order chi connectivity index (χ1) is 4.20. The van der Waals surface area contributed by atoms with Gasteiger partial charge in [0, 0.05) is 5.92 Å². The summed E-state index contributed by atoms with van der Waals surface area (Å²) in [6, 6.07) is 0. The molecule has 0 radical (unpaired) electrons. The molecule has 2 nitrogen and oxygen atoms in total. The van der Waals surface area contributed by atoms with E-state index in [4.69, 9.17) is 4.74 Å². The Balaban J connectivity index is 2.35. The average molecular weight is 130 g/mol. The van der Waals surface area contributed by atoms with Gasteiger partial charge in [0.15, 0.2) is 0 Å². The zero-order chi connectivity index (χ0) is 6.85. The summed E-state index contributed by atoms with van der Waals surface area (Å²) in [5, 5.41) is 9.27. The molecule has 1 N–H and O–H groups in total. The Kier molecular flexibility index (Phi) is 2.09. The predicted octanol–water partition coefficient (Wildman–Crippen LogP) is 0.792. The Hall–Kier alpha value is -0.0800. The molecule has 0 aromatic carbocycles. The minimum atomic E-state index is -0.145. The van der Waals surface area contributed by atoms with E-state index in [1.807, 2.05) is 13.8 Å². The quantitative estimate of drug-likeness (QED) is 0.525. The van der Waals surface area contributed by atoms with Gasteiger partial charge in [-0.05, 0) is 13.3 Å². The molecular formula is C7H14O2. The molecule has 1 rings (SSSR count). The molecule has 0 spiro atoms. The molecule has 0 aromatic rings. The van der Waals surface area contributed by atoms with Crippen LogP contribution >= 0.6 is 0 Å². The Bertz CT molecular complexity index is 92.9. The molecule has 0 aromatic heterocycles. The van der Waals surface area contributed by atoms with Crippen LogP contribution in [0.25, 0.3) is 0 Å². The fraction of sp³-hybridized carbons (Fsp3) is 1.00. The van der Waals surface area contributed by atoms with Gasteiger partial charge in [-0.3, -0.25) is 0 Å². The zero-order valence-electron chi connectivity index (χ0n) is 6.00. The molecule has 1 aliphatic heterocycles. The van der Waals surface area contributed by atoms with Crippen LogP contribution in [0.5, 0.6) is 0 Å². The molecule has 0 saturated carbocycles. The van der Waals surface area contributed by atoms with Gasteiger partial charge in [-0.25, -0.2) is 0 Å². The van der Waals surface area contributed by atoms with Gasteiger partial charge < -0.3 is 9.84 Å².